The number of carboxylic acid groups (broad SMARTS) is 1. The van der Waals surface area contributed by atoms with E-state index in [4.69, 9.17) is 5.11 Å². The number of carbonyl (C=O) groups excluding carboxylic acids is 1. The van der Waals surface area contributed by atoms with Gasteiger partial charge in [0.2, 0.25) is 0 Å². The van der Waals surface area contributed by atoms with Crippen LogP contribution >= 0.6 is 0 Å². The Balaban J connectivity index is 2.18. The molecule has 98 valence electrons. The molecule has 2 rings (SSSR count). The zero-order chi connectivity index (χ0) is 13.3. The summed E-state index contributed by atoms with van der Waals surface area (Å²) in [5.74, 6) is -1.43. The predicted molar refractivity (Wildman–Crippen MR) is 64.2 cm³/mol. The highest BCUT2D eigenvalue weighted by Gasteiger charge is 2.33. The Labute approximate surface area is 105 Å². The van der Waals surface area contributed by atoms with Crippen molar-refractivity contribution >= 4 is 11.9 Å². The molecule has 6 heteroatoms. The van der Waals surface area contributed by atoms with Crippen LogP contribution in [0.3, 0.4) is 0 Å². The number of piperidine rings is 1. The van der Waals surface area contributed by atoms with Gasteiger partial charge in [0, 0.05) is 18.3 Å². The van der Waals surface area contributed by atoms with E-state index < -0.39 is 11.9 Å². The van der Waals surface area contributed by atoms with E-state index >= 15 is 0 Å². The van der Waals surface area contributed by atoms with Gasteiger partial charge in [0.15, 0.2) is 0 Å². The van der Waals surface area contributed by atoms with E-state index in [1.54, 1.807) is 11.8 Å². The first-order valence-corrected chi connectivity index (χ1v) is 6.04. The number of carbonyl (C=O) groups is 2. The SMILES string of the molecule is Cc1[nH]ncc1C(=O)N1CC(C(=O)O)CCC1C. The minimum Gasteiger partial charge on any atom is -0.481 e. The molecular weight excluding hydrogens is 234 g/mol. The van der Waals surface area contributed by atoms with Crippen LogP contribution in [0.5, 0.6) is 0 Å². The van der Waals surface area contributed by atoms with Crippen molar-refractivity contribution in [2.75, 3.05) is 6.54 Å². The molecule has 0 bridgehead atoms. The van der Waals surface area contributed by atoms with E-state index in [1.807, 2.05) is 6.92 Å². The van der Waals surface area contributed by atoms with Crippen molar-refractivity contribution in [3.8, 4) is 0 Å². The normalized spacial score (nSPS) is 24.0. The van der Waals surface area contributed by atoms with Crippen LogP contribution in [0.15, 0.2) is 6.20 Å². The van der Waals surface area contributed by atoms with Crippen LogP contribution in [0.2, 0.25) is 0 Å². The Hall–Kier alpha value is -1.85. The highest BCUT2D eigenvalue weighted by Crippen LogP contribution is 2.24. The van der Waals surface area contributed by atoms with Crippen LogP contribution in [0.1, 0.15) is 35.8 Å². The molecule has 2 N–H and O–H groups in total. The number of hydrogen-bond donors (Lipinski definition) is 2. The monoisotopic (exact) mass is 251 g/mol. The summed E-state index contributed by atoms with van der Waals surface area (Å²) in [5.41, 5.74) is 1.23. The molecule has 1 aromatic heterocycles. The third-order valence-electron chi connectivity index (χ3n) is 3.55. The topological polar surface area (TPSA) is 86.3 Å². The van der Waals surface area contributed by atoms with Gasteiger partial charge in [0.1, 0.15) is 0 Å². The maximum atomic E-state index is 12.3. The summed E-state index contributed by atoms with van der Waals surface area (Å²) in [6, 6.07) is 0.0717. The Morgan fingerprint density at radius 2 is 2.22 bits per heavy atom. The first-order valence-electron chi connectivity index (χ1n) is 6.04. The van der Waals surface area contributed by atoms with E-state index in [0.29, 0.717) is 17.7 Å². The Bertz CT molecular complexity index is 469. The van der Waals surface area contributed by atoms with Crippen LogP contribution in [0.25, 0.3) is 0 Å². The van der Waals surface area contributed by atoms with Gasteiger partial charge in [-0.1, -0.05) is 0 Å². The molecule has 2 unspecified atom stereocenters. The number of hydrogen-bond acceptors (Lipinski definition) is 3. The van der Waals surface area contributed by atoms with Gasteiger partial charge in [0.25, 0.3) is 5.91 Å². The second kappa shape index (κ2) is 4.80. The van der Waals surface area contributed by atoms with E-state index in [1.165, 1.54) is 6.20 Å². The molecule has 1 fully saturated rings. The van der Waals surface area contributed by atoms with E-state index in [-0.39, 0.29) is 18.5 Å². The Morgan fingerprint density at radius 3 is 2.78 bits per heavy atom. The van der Waals surface area contributed by atoms with Gasteiger partial charge in [0.05, 0.1) is 17.7 Å². The summed E-state index contributed by atoms with van der Waals surface area (Å²) in [4.78, 5) is 25.0. The third kappa shape index (κ3) is 2.23. The number of nitrogens with zero attached hydrogens (tertiary/aromatic N) is 2. The summed E-state index contributed by atoms with van der Waals surface area (Å²) < 4.78 is 0. The maximum Gasteiger partial charge on any atom is 0.308 e. The number of H-pyrrole nitrogens is 1. The number of aryl methyl sites for hydroxylation is 1. The van der Waals surface area contributed by atoms with Gasteiger partial charge in [-0.2, -0.15) is 5.10 Å². The molecule has 2 heterocycles. The molecule has 0 spiro atoms. The zero-order valence-corrected chi connectivity index (χ0v) is 10.5. The summed E-state index contributed by atoms with van der Waals surface area (Å²) in [5, 5.41) is 15.6. The standard InChI is InChI=1S/C12H17N3O3/c1-7-3-4-9(12(17)18)6-15(7)11(16)10-5-13-14-8(10)2/h5,7,9H,3-4,6H2,1-2H3,(H,13,14)(H,17,18). The maximum absolute atomic E-state index is 12.3. The summed E-state index contributed by atoms with van der Waals surface area (Å²) in [6.07, 6.45) is 2.85. The van der Waals surface area contributed by atoms with E-state index in [9.17, 15) is 9.59 Å². The quantitative estimate of drug-likeness (QED) is 0.822. The van der Waals surface area contributed by atoms with Gasteiger partial charge < -0.3 is 10.0 Å². The zero-order valence-electron chi connectivity index (χ0n) is 10.5. The third-order valence-corrected chi connectivity index (χ3v) is 3.55. The molecule has 2 atom stereocenters. The van der Waals surface area contributed by atoms with E-state index in [0.717, 1.165) is 6.42 Å². The molecule has 0 aromatic carbocycles. The molecule has 1 aliphatic heterocycles. The largest absolute Gasteiger partial charge is 0.481 e. The molecule has 18 heavy (non-hydrogen) atoms. The number of carboxylic acids is 1. The fourth-order valence-electron chi connectivity index (χ4n) is 2.31. The lowest BCUT2D eigenvalue weighted by atomic mass is 9.93. The molecule has 1 aliphatic rings. The van der Waals surface area contributed by atoms with Gasteiger partial charge in [-0.15, -0.1) is 0 Å². The smallest absolute Gasteiger partial charge is 0.308 e. The highest BCUT2D eigenvalue weighted by atomic mass is 16.4. The van der Waals surface area contributed by atoms with Crippen molar-refractivity contribution in [3.63, 3.8) is 0 Å². The summed E-state index contributed by atoms with van der Waals surface area (Å²) in [7, 11) is 0. The van der Waals surface area contributed by atoms with Crippen molar-refractivity contribution in [2.45, 2.75) is 32.7 Å². The lowest BCUT2D eigenvalue weighted by Gasteiger charge is -2.36. The van der Waals surface area contributed by atoms with E-state index in [2.05, 4.69) is 10.2 Å². The average molecular weight is 251 g/mol. The number of amides is 1. The molecule has 1 aromatic rings. The van der Waals surface area contributed by atoms with Crippen LogP contribution in [-0.4, -0.2) is 44.7 Å². The lowest BCUT2D eigenvalue weighted by molar-refractivity contribution is -0.143. The number of nitrogens with one attached hydrogen (secondary N) is 1. The number of likely N-dealkylation sites (tertiary alicyclic amines) is 1. The first-order chi connectivity index (χ1) is 8.50. The molecule has 1 saturated heterocycles. The minimum atomic E-state index is -0.830. The second-order valence-electron chi connectivity index (χ2n) is 4.83. The fourth-order valence-corrected chi connectivity index (χ4v) is 2.31. The molecule has 6 nitrogen and oxygen atoms in total. The van der Waals surface area contributed by atoms with Crippen LogP contribution < -0.4 is 0 Å². The van der Waals surface area contributed by atoms with Crippen molar-refractivity contribution in [3.05, 3.63) is 17.5 Å². The minimum absolute atomic E-state index is 0.0717. The van der Waals surface area contributed by atoms with Crippen molar-refractivity contribution < 1.29 is 14.7 Å². The van der Waals surface area contributed by atoms with Crippen molar-refractivity contribution in [1.82, 2.24) is 15.1 Å². The predicted octanol–water partition coefficient (Wildman–Crippen LogP) is 1.04. The van der Waals surface area contributed by atoms with Crippen molar-refractivity contribution in [1.29, 1.82) is 0 Å². The lowest BCUT2D eigenvalue weighted by Crippen LogP contribution is -2.47. The van der Waals surface area contributed by atoms with Gasteiger partial charge in [-0.3, -0.25) is 14.7 Å². The van der Waals surface area contributed by atoms with Crippen LogP contribution in [0, 0.1) is 12.8 Å². The molecule has 0 saturated carbocycles. The van der Waals surface area contributed by atoms with Gasteiger partial charge in [-0.25, -0.2) is 0 Å². The Kier molecular flexibility index (Phi) is 3.36. The number of aromatic nitrogens is 2. The summed E-state index contributed by atoms with van der Waals surface area (Å²) in [6.45, 7) is 4.01. The second-order valence-corrected chi connectivity index (χ2v) is 4.83. The number of aromatic amines is 1. The van der Waals surface area contributed by atoms with Crippen molar-refractivity contribution in [2.24, 2.45) is 5.92 Å². The fraction of sp³-hybridized carbons (Fsp3) is 0.583. The number of aliphatic carboxylic acids is 1. The molecule has 0 radical (unpaired) electrons. The molecular formula is C12H17N3O3. The number of rotatable bonds is 2. The first kappa shape index (κ1) is 12.6. The van der Waals surface area contributed by atoms with Crippen LogP contribution in [0.4, 0.5) is 0 Å². The highest BCUT2D eigenvalue weighted by molar-refractivity contribution is 5.95. The molecule has 1 amide bonds. The Morgan fingerprint density at radius 1 is 1.50 bits per heavy atom. The molecule has 0 aliphatic carbocycles. The van der Waals surface area contributed by atoms with Gasteiger partial charge >= 0.3 is 5.97 Å². The van der Waals surface area contributed by atoms with Crippen LogP contribution in [-0.2, 0) is 4.79 Å². The average Bonchev–Trinajstić information content (AvgIpc) is 2.75. The van der Waals surface area contributed by atoms with Gasteiger partial charge in [-0.05, 0) is 26.7 Å². The summed E-state index contributed by atoms with van der Waals surface area (Å²) >= 11 is 0.